The molecule has 0 fully saturated rings. The third-order valence-electron chi connectivity index (χ3n) is 1.66. The van der Waals surface area contributed by atoms with Gasteiger partial charge in [0.1, 0.15) is 0 Å². The van der Waals surface area contributed by atoms with Crippen LogP contribution in [0.3, 0.4) is 0 Å². The van der Waals surface area contributed by atoms with Crippen LogP contribution in [0.2, 0.25) is 10.4 Å². The molecule has 0 radical (unpaired) electrons. The van der Waals surface area contributed by atoms with Crippen LogP contribution in [0.4, 0.5) is 5.82 Å². The predicted molar refractivity (Wildman–Crippen MR) is 55.9 cm³/mol. The highest BCUT2D eigenvalue weighted by molar-refractivity contribution is 6.32. The molecule has 0 amide bonds. The van der Waals surface area contributed by atoms with Crippen LogP contribution < -0.4 is 5.32 Å². The summed E-state index contributed by atoms with van der Waals surface area (Å²) < 4.78 is 4.91. The van der Waals surface area contributed by atoms with Crippen molar-refractivity contribution >= 4 is 29.0 Å². The fraction of sp³-hybridized carbons (Fsp3) is 0.125. The summed E-state index contributed by atoms with van der Waals surface area (Å²) in [5.41, 5.74) is 0.973. The van der Waals surface area contributed by atoms with Crippen LogP contribution in [0.25, 0.3) is 0 Å². The number of aromatic nitrogens is 3. The first-order valence-electron chi connectivity index (χ1n) is 4.06. The smallest absolute Gasteiger partial charge is 0.245 e. The summed E-state index contributed by atoms with van der Waals surface area (Å²) in [4.78, 5) is 3.89. The van der Waals surface area contributed by atoms with Gasteiger partial charge in [-0.2, -0.15) is 4.98 Å². The van der Waals surface area contributed by atoms with E-state index in [-0.39, 0.29) is 10.4 Å². The molecular weight excluding hydrogens is 239 g/mol. The quantitative estimate of drug-likeness (QED) is 0.899. The van der Waals surface area contributed by atoms with Gasteiger partial charge in [0.25, 0.3) is 0 Å². The van der Waals surface area contributed by atoms with Crippen molar-refractivity contribution in [2.24, 2.45) is 0 Å². The molecule has 2 aromatic heterocycles. The lowest BCUT2D eigenvalue weighted by atomic mass is 10.3. The summed E-state index contributed by atoms with van der Waals surface area (Å²) in [6.45, 7) is 0.533. The number of rotatable bonds is 3. The molecule has 0 spiro atoms. The lowest BCUT2D eigenvalue weighted by molar-refractivity contribution is 0.564. The Morgan fingerprint density at radius 3 is 2.93 bits per heavy atom. The summed E-state index contributed by atoms with van der Waals surface area (Å²) >= 11 is 11.3. The molecule has 0 saturated heterocycles. The van der Waals surface area contributed by atoms with Crippen LogP contribution in [0.15, 0.2) is 23.0 Å². The fourth-order valence-corrected chi connectivity index (χ4v) is 1.25. The van der Waals surface area contributed by atoms with Crippen LogP contribution in [-0.2, 0) is 6.54 Å². The topological polar surface area (TPSA) is 63.8 Å². The Morgan fingerprint density at radius 2 is 2.20 bits per heavy atom. The number of nitrogens with zero attached hydrogens (tertiary/aromatic N) is 3. The zero-order chi connectivity index (χ0) is 10.7. The van der Waals surface area contributed by atoms with Gasteiger partial charge in [0.05, 0.1) is 12.5 Å². The van der Waals surface area contributed by atoms with E-state index in [4.69, 9.17) is 27.6 Å². The second-order valence-electron chi connectivity index (χ2n) is 2.71. The van der Waals surface area contributed by atoms with Gasteiger partial charge >= 0.3 is 0 Å². The minimum atomic E-state index is 0.0501. The van der Waals surface area contributed by atoms with E-state index in [1.807, 2.05) is 6.07 Å². The highest BCUT2D eigenvalue weighted by Crippen LogP contribution is 2.17. The maximum absolute atomic E-state index is 5.76. The van der Waals surface area contributed by atoms with E-state index in [0.717, 1.165) is 5.56 Å². The number of halogens is 2. The molecule has 2 aromatic rings. The summed E-state index contributed by atoms with van der Waals surface area (Å²) in [5.74, 6) is 0.401. The van der Waals surface area contributed by atoms with Gasteiger partial charge in [0.2, 0.25) is 5.28 Å². The van der Waals surface area contributed by atoms with Crippen molar-refractivity contribution < 1.29 is 4.42 Å². The van der Waals surface area contributed by atoms with Gasteiger partial charge < -0.3 is 9.73 Å². The molecule has 0 saturated carbocycles. The average molecular weight is 245 g/mol. The van der Waals surface area contributed by atoms with Gasteiger partial charge in [0, 0.05) is 12.1 Å². The molecular formula is C8H6Cl2N4O. The molecule has 0 unspecified atom stereocenters. The van der Waals surface area contributed by atoms with Crippen molar-refractivity contribution in [3.8, 4) is 0 Å². The van der Waals surface area contributed by atoms with Gasteiger partial charge in [-0.3, -0.25) is 0 Å². The molecule has 0 aliphatic carbocycles. The van der Waals surface area contributed by atoms with E-state index in [2.05, 4.69) is 20.5 Å². The minimum Gasteiger partial charge on any atom is -0.472 e. The van der Waals surface area contributed by atoms with E-state index in [0.29, 0.717) is 12.4 Å². The Balaban J connectivity index is 2.07. The second-order valence-corrected chi connectivity index (χ2v) is 3.40. The first-order chi connectivity index (χ1) is 7.25. The van der Waals surface area contributed by atoms with Crippen molar-refractivity contribution in [1.29, 1.82) is 0 Å². The summed E-state index contributed by atoms with van der Waals surface area (Å²) in [6, 6.07) is 1.83. The lowest BCUT2D eigenvalue weighted by Crippen LogP contribution is -2.03. The fourth-order valence-electron chi connectivity index (χ4n) is 0.985. The number of nitrogens with one attached hydrogen (secondary N) is 1. The zero-order valence-corrected chi connectivity index (χ0v) is 8.96. The highest BCUT2D eigenvalue weighted by atomic mass is 35.5. The van der Waals surface area contributed by atoms with E-state index < -0.39 is 0 Å². The highest BCUT2D eigenvalue weighted by Gasteiger charge is 2.05. The van der Waals surface area contributed by atoms with E-state index in [1.165, 1.54) is 0 Å². The standard InChI is InChI=1S/C8H6Cl2N4O/c9-6-7(12-8(10)14-13-6)11-3-5-1-2-15-4-5/h1-2,4H,3H2,(H,11,12,14). The van der Waals surface area contributed by atoms with Crippen molar-refractivity contribution in [3.63, 3.8) is 0 Å². The van der Waals surface area contributed by atoms with Gasteiger partial charge in [0.15, 0.2) is 11.0 Å². The Hall–Kier alpha value is -1.33. The monoisotopic (exact) mass is 244 g/mol. The SMILES string of the molecule is Clc1nnc(Cl)c(NCc2ccoc2)n1. The van der Waals surface area contributed by atoms with E-state index >= 15 is 0 Å². The average Bonchev–Trinajstić information content (AvgIpc) is 2.72. The Bertz CT molecular complexity index is 446. The molecule has 15 heavy (non-hydrogen) atoms. The number of furan rings is 1. The summed E-state index contributed by atoms with van der Waals surface area (Å²) in [7, 11) is 0. The van der Waals surface area contributed by atoms with Crippen LogP contribution in [0.5, 0.6) is 0 Å². The molecule has 0 aromatic carbocycles. The van der Waals surface area contributed by atoms with Gasteiger partial charge in [-0.25, -0.2) is 0 Å². The zero-order valence-electron chi connectivity index (χ0n) is 7.44. The minimum absolute atomic E-state index is 0.0501. The van der Waals surface area contributed by atoms with E-state index in [1.54, 1.807) is 12.5 Å². The molecule has 2 rings (SSSR count). The van der Waals surface area contributed by atoms with E-state index in [9.17, 15) is 0 Å². The number of hydrogen-bond donors (Lipinski definition) is 1. The van der Waals surface area contributed by atoms with Crippen LogP contribution in [-0.4, -0.2) is 15.2 Å². The van der Waals surface area contributed by atoms with Crippen LogP contribution in [0, 0.1) is 0 Å². The molecule has 7 heteroatoms. The Labute approximate surface area is 95.4 Å². The largest absolute Gasteiger partial charge is 0.472 e. The lowest BCUT2D eigenvalue weighted by Gasteiger charge is -2.03. The van der Waals surface area contributed by atoms with Crippen molar-refractivity contribution in [2.75, 3.05) is 5.32 Å². The Morgan fingerprint density at radius 1 is 1.33 bits per heavy atom. The predicted octanol–water partition coefficient (Wildman–Crippen LogP) is 2.38. The maximum atomic E-state index is 5.76. The van der Waals surface area contributed by atoms with Crippen molar-refractivity contribution in [2.45, 2.75) is 6.54 Å². The van der Waals surface area contributed by atoms with Crippen LogP contribution >= 0.6 is 23.2 Å². The van der Waals surface area contributed by atoms with Crippen molar-refractivity contribution in [1.82, 2.24) is 15.2 Å². The number of anilines is 1. The molecule has 2 heterocycles. The molecule has 0 atom stereocenters. The first-order valence-corrected chi connectivity index (χ1v) is 4.82. The second kappa shape index (κ2) is 4.46. The molecule has 0 bridgehead atoms. The molecule has 5 nitrogen and oxygen atoms in total. The molecule has 1 N–H and O–H groups in total. The first kappa shape index (κ1) is 10.2. The third kappa shape index (κ3) is 2.57. The number of hydrogen-bond acceptors (Lipinski definition) is 5. The van der Waals surface area contributed by atoms with Gasteiger partial charge in [-0.05, 0) is 17.7 Å². The molecule has 0 aliphatic rings. The summed E-state index contributed by atoms with van der Waals surface area (Å²) in [5, 5.41) is 10.3. The Kier molecular flexibility index (Phi) is 3.03. The van der Waals surface area contributed by atoms with Gasteiger partial charge in [-0.1, -0.05) is 11.6 Å². The third-order valence-corrected chi connectivity index (χ3v) is 2.07. The van der Waals surface area contributed by atoms with Crippen LogP contribution in [0.1, 0.15) is 5.56 Å². The van der Waals surface area contributed by atoms with Crippen molar-refractivity contribution in [3.05, 3.63) is 34.6 Å². The maximum Gasteiger partial charge on any atom is 0.245 e. The summed E-state index contributed by atoms with van der Waals surface area (Å²) in [6.07, 6.45) is 3.21. The molecule has 78 valence electrons. The normalized spacial score (nSPS) is 10.3. The van der Waals surface area contributed by atoms with Gasteiger partial charge in [-0.15, -0.1) is 10.2 Å². The molecule has 0 aliphatic heterocycles.